The molecule has 11 nitrogen and oxygen atoms in total. The van der Waals surface area contributed by atoms with Crippen molar-refractivity contribution in [2.75, 3.05) is 35.0 Å². The molecule has 1 saturated heterocycles. The number of allylic oxidation sites excluding steroid dienone is 2. The van der Waals surface area contributed by atoms with Crippen LogP contribution in [-0.2, 0) is 38.0 Å². The van der Waals surface area contributed by atoms with Crippen LogP contribution in [0, 0.1) is 23.7 Å². The summed E-state index contributed by atoms with van der Waals surface area (Å²) in [6.45, 7) is 9.70. The van der Waals surface area contributed by atoms with Gasteiger partial charge in [-0.1, -0.05) is 50.6 Å². The third-order valence-electron chi connectivity index (χ3n) is 11.7. The lowest BCUT2D eigenvalue weighted by molar-refractivity contribution is -0.159. The van der Waals surface area contributed by atoms with E-state index in [1.165, 1.54) is 6.08 Å². The van der Waals surface area contributed by atoms with Gasteiger partial charge in [0.05, 0.1) is 67.6 Å². The van der Waals surface area contributed by atoms with E-state index in [0.29, 0.717) is 32.1 Å². The molecule has 1 fully saturated rings. The van der Waals surface area contributed by atoms with Crippen molar-refractivity contribution in [1.82, 2.24) is 0 Å². The largest absolute Gasteiger partial charge is 0.458 e. The molecule has 0 saturated carbocycles. The van der Waals surface area contributed by atoms with Crippen molar-refractivity contribution < 1.29 is 53.3 Å². The Kier molecular flexibility index (Phi) is 19.5. The lowest BCUT2D eigenvalue weighted by Gasteiger charge is -2.40. The van der Waals surface area contributed by atoms with Crippen LogP contribution in [-0.4, -0.2) is 123 Å². The van der Waals surface area contributed by atoms with Crippen molar-refractivity contribution in [3.8, 4) is 0 Å². The zero-order valence-corrected chi connectivity index (χ0v) is 33.2. The van der Waals surface area contributed by atoms with Crippen LogP contribution in [0.25, 0.3) is 0 Å². The number of aliphatic hydroxyl groups is 3. The Morgan fingerprint density at radius 3 is 2.23 bits per heavy atom. The molecule has 3 N–H and O–H groups in total. The highest BCUT2D eigenvalue weighted by Crippen LogP contribution is 2.34. The third-order valence-corrected chi connectivity index (χ3v) is 11.7. The first kappa shape index (κ1) is 44.7. The summed E-state index contributed by atoms with van der Waals surface area (Å²) in [5.41, 5.74) is 0.820. The monoisotopic (exact) mass is 738 g/mol. The van der Waals surface area contributed by atoms with Gasteiger partial charge in [-0.25, -0.2) is 4.79 Å². The van der Waals surface area contributed by atoms with Crippen molar-refractivity contribution in [2.45, 2.75) is 160 Å². The molecule has 0 aromatic heterocycles. The lowest BCUT2D eigenvalue weighted by atomic mass is 9.78. The van der Waals surface area contributed by atoms with Gasteiger partial charge in [-0.15, -0.1) is 0 Å². The number of methoxy groups -OCH3 is 4. The van der Waals surface area contributed by atoms with Crippen molar-refractivity contribution >= 4 is 5.97 Å². The van der Waals surface area contributed by atoms with Crippen molar-refractivity contribution in [3.05, 3.63) is 36.0 Å². The predicted molar refractivity (Wildman–Crippen MR) is 200 cm³/mol. The number of ether oxygens (including phenoxy) is 7. The highest BCUT2D eigenvalue weighted by Gasteiger charge is 2.41. The summed E-state index contributed by atoms with van der Waals surface area (Å²) in [6, 6.07) is 0. The van der Waals surface area contributed by atoms with E-state index >= 15 is 0 Å². The molecule has 0 aliphatic carbocycles. The van der Waals surface area contributed by atoms with E-state index in [-0.39, 0.29) is 55.1 Å². The first-order valence-corrected chi connectivity index (χ1v) is 19.4. The smallest absolute Gasteiger partial charge is 0.331 e. The first-order chi connectivity index (χ1) is 24.8. The fourth-order valence-electron chi connectivity index (χ4n) is 8.34. The molecule has 0 radical (unpaired) electrons. The maximum Gasteiger partial charge on any atom is 0.331 e. The molecular formula is C41H70O11. The number of hydrogen-bond donors (Lipinski definition) is 3. The Hall–Kier alpha value is -1.67. The molecule has 3 rings (SSSR count). The van der Waals surface area contributed by atoms with E-state index in [0.717, 1.165) is 31.3 Å². The molecule has 0 aromatic carbocycles. The van der Waals surface area contributed by atoms with Crippen molar-refractivity contribution in [3.63, 3.8) is 0 Å². The Bertz CT molecular complexity index is 1130. The van der Waals surface area contributed by atoms with Gasteiger partial charge >= 0.3 is 5.97 Å². The molecule has 52 heavy (non-hydrogen) atoms. The molecule has 3 aliphatic rings. The van der Waals surface area contributed by atoms with Crippen molar-refractivity contribution in [2.24, 2.45) is 23.7 Å². The third kappa shape index (κ3) is 13.6. The molecule has 300 valence electrons. The van der Waals surface area contributed by atoms with E-state index in [2.05, 4.69) is 13.0 Å². The Morgan fingerprint density at radius 1 is 0.885 bits per heavy atom. The van der Waals surface area contributed by atoms with Crippen LogP contribution in [0.5, 0.6) is 0 Å². The van der Waals surface area contributed by atoms with Crippen LogP contribution in [0.15, 0.2) is 36.0 Å². The highest BCUT2D eigenvalue weighted by atomic mass is 16.6. The number of carbonyl (C=O) groups is 1. The quantitative estimate of drug-likeness (QED) is 0.187. The second-order valence-electron chi connectivity index (χ2n) is 15.6. The van der Waals surface area contributed by atoms with Crippen LogP contribution in [0.1, 0.15) is 92.4 Å². The fourth-order valence-corrected chi connectivity index (χ4v) is 8.34. The highest BCUT2D eigenvalue weighted by molar-refractivity contribution is 5.82. The molecule has 0 aromatic rings. The van der Waals surface area contributed by atoms with Gasteiger partial charge in [0, 0.05) is 71.5 Å². The van der Waals surface area contributed by atoms with E-state index < -0.39 is 48.3 Å². The average molecular weight is 739 g/mol. The Balaban J connectivity index is 1.89. The maximum atomic E-state index is 13.4. The van der Waals surface area contributed by atoms with Gasteiger partial charge < -0.3 is 48.5 Å². The topological polar surface area (TPSA) is 142 Å². The molecule has 3 aliphatic heterocycles. The van der Waals surface area contributed by atoms with Crippen LogP contribution in [0.2, 0.25) is 0 Å². The summed E-state index contributed by atoms with van der Waals surface area (Å²) >= 11 is 0. The summed E-state index contributed by atoms with van der Waals surface area (Å²) in [7, 11) is 6.62. The fraction of sp³-hybridized carbons (Fsp3) is 0.829. The second-order valence-corrected chi connectivity index (χ2v) is 15.6. The van der Waals surface area contributed by atoms with E-state index in [4.69, 9.17) is 33.2 Å². The Morgan fingerprint density at radius 2 is 1.58 bits per heavy atom. The minimum Gasteiger partial charge on any atom is -0.458 e. The first-order valence-electron chi connectivity index (χ1n) is 19.4. The molecule has 0 amide bonds. The molecule has 0 spiro atoms. The standard InChI is InChI=1S/C41H70O11/c1-25-13-16-30(43)20-31-11-10-12-32(51-31)22-37(48-8)35(24-42)38(49-9)23-36(47-7)28(4)41(52-39(44)18-14-25)29(5)40(45)26(2)15-17-33-21-34(46-6)19-27(3)50-33/h10-11,13-14,18,26-38,40-43,45H,12,15-17,19-24H2,1-9H3/t26-,27-,28-,29-,30-,31-,32-,33-,34+,35+,36+,37-,38-,40-,41-/m0/s1. The van der Waals surface area contributed by atoms with Crippen LogP contribution >= 0.6 is 0 Å². The summed E-state index contributed by atoms with van der Waals surface area (Å²) in [6.07, 6.45) is 11.3. The van der Waals surface area contributed by atoms with Crippen LogP contribution in [0.4, 0.5) is 0 Å². The summed E-state index contributed by atoms with van der Waals surface area (Å²) in [4.78, 5) is 13.4. The maximum absolute atomic E-state index is 13.4. The summed E-state index contributed by atoms with van der Waals surface area (Å²) < 4.78 is 42.5. The number of hydrogen-bond acceptors (Lipinski definition) is 11. The minimum atomic E-state index is -0.774. The normalized spacial score (nSPS) is 37.8. The van der Waals surface area contributed by atoms with Gasteiger partial charge in [-0.3, -0.25) is 0 Å². The zero-order valence-electron chi connectivity index (χ0n) is 33.2. The number of fused-ring (bicyclic) bond motifs is 2. The summed E-state index contributed by atoms with van der Waals surface area (Å²) in [5, 5.41) is 33.3. The van der Waals surface area contributed by atoms with Gasteiger partial charge in [0.15, 0.2) is 0 Å². The van der Waals surface area contributed by atoms with Crippen molar-refractivity contribution in [1.29, 1.82) is 0 Å². The lowest BCUT2D eigenvalue weighted by Crippen LogP contribution is -2.47. The van der Waals surface area contributed by atoms with E-state index in [1.807, 2.05) is 39.8 Å². The van der Waals surface area contributed by atoms with Crippen LogP contribution < -0.4 is 0 Å². The molecule has 11 heteroatoms. The Labute approximate surface area is 313 Å². The van der Waals surface area contributed by atoms with Gasteiger partial charge in [-0.2, -0.15) is 0 Å². The number of esters is 1. The second kappa shape index (κ2) is 22.6. The van der Waals surface area contributed by atoms with E-state index in [1.54, 1.807) is 34.5 Å². The number of carbonyl (C=O) groups excluding carboxylic acids is 1. The molecule has 15 atom stereocenters. The number of cyclic esters (lactones) is 1. The molecule has 0 unspecified atom stereocenters. The minimum absolute atomic E-state index is 0.0598. The van der Waals surface area contributed by atoms with Crippen LogP contribution in [0.3, 0.4) is 0 Å². The number of rotatable bonds is 11. The molecule has 2 bridgehead atoms. The predicted octanol–water partition coefficient (Wildman–Crippen LogP) is 5.33. The van der Waals surface area contributed by atoms with Gasteiger partial charge in [0.25, 0.3) is 0 Å². The van der Waals surface area contributed by atoms with Gasteiger partial charge in [-0.05, 0) is 58.3 Å². The molecule has 3 heterocycles. The number of aliphatic hydroxyl groups excluding tert-OH is 3. The molecular weight excluding hydrogens is 668 g/mol. The zero-order chi connectivity index (χ0) is 38.4. The summed E-state index contributed by atoms with van der Waals surface area (Å²) in [5.74, 6) is -1.81. The average Bonchev–Trinajstić information content (AvgIpc) is 3.13. The van der Waals surface area contributed by atoms with Gasteiger partial charge in [0.1, 0.15) is 6.10 Å². The van der Waals surface area contributed by atoms with E-state index in [9.17, 15) is 20.1 Å². The van der Waals surface area contributed by atoms with Gasteiger partial charge in [0.2, 0.25) is 0 Å². The SMILES string of the molecule is CO[C@H]1C[C@H](CC[C@H](C)[C@H](O)[C@H](C)[C@H]2OC(=O)C=CC(C)=CC[C@H](O)C[C@@H]3C=CC[C@@H](C[C@H](OC)[C@@H](CO)[C@@H](OC)C[C@@H](OC)[C@@H]2C)O3)O[C@@H](C)C1.